The van der Waals surface area contributed by atoms with Gasteiger partial charge in [0.1, 0.15) is 0 Å². The second kappa shape index (κ2) is 10.8. The number of nitrogens with two attached hydrogens (primary N) is 1. The molecule has 8 heteroatoms. The Morgan fingerprint density at radius 3 is 2.45 bits per heavy atom. The molecule has 0 spiro atoms. The first-order valence-electron chi connectivity index (χ1n) is 7.04. The van der Waals surface area contributed by atoms with Gasteiger partial charge in [-0.05, 0) is 41.4 Å². The summed E-state index contributed by atoms with van der Waals surface area (Å²) in [6.07, 6.45) is 1.36. The number of thiophene rings is 1. The third kappa shape index (κ3) is 7.15. The van der Waals surface area contributed by atoms with E-state index in [1.807, 2.05) is 11.8 Å². The highest BCUT2D eigenvalue weighted by atomic mass is 79.9. The Bertz CT molecular complexity index is 451. The molecule has 2 heterocycles. The van der Waals surface area contributed by atoms with Crippen LogP contribution >= 0.6 is 52.1 Å². The molecule has 2 rings (SSSR count). The average Bonchev–Trinajstić information content (AvgIpc) is 2.82. The van der Waals surface area contributed by atoms with Gasteiger partial charge in [-0.25, -0.2) is 0 Å². The van der Waals surface area contributed by atoms with Gasteiger partial charge in [-0.1, -0.05) is 0 Å². The molecular weight excluding hydrogens is 409 g/mol. The number of halogens is 3. The quantitative estimate of drug-likeness (QED) is 0.777. The number of amides is 1. The summed E-state index contributed by atoms with van der Waals surface area (Å²) in [7, 11) is 0. The van der Waals surface area contributed by atoms with Crippen LogP contribution < -0.4 is 5.73 Å². The van der Waals surface area contributed by atoms with E-state index in [9.17, 15) is 4.79 Å². The molecule has 22 heavy (non-hydrogen) atoms. The van der Waals surface area contributed by atoms with E-state index in [0.717, 1.165) is 39.1 Å². The minimum atomic E-state index is 0. The van der Waals surface area contributed by atoms with Crippen LogP contribution in [-0.4, -0.2) is 47.9 Å². The molecule has 1 aliphatic rings. The Hall–Kier alpha value is 0.150. The maximum atomic E-state index is 12.0. The second-order valence-corrected chi connectivity index (χ2v) is 7.93. The van der Waals surface area contributed by atoms with E-state index >= 15 is 0 Å². The molecule has 1 fully saturated rings. The molecule has 128 valence electrons. The molecule has 1 saturated heterocycles. The van der Waals surface area contributed by atoms with E-state index in [-0.39, 0.29) is 36.8 Å². The first-order valence-corrected chi connectivity index (χ1v) is 8.65. The lowest BCUT2D eigenvalue weighted by Crippen LogP contribution is -2.48. The molecule has 1 atom stereocenters. The maximum absolute atomic E-state index is 12.0. The summed E-state index contributed by atoms with van der Waals surface area (Å²) in [5.41, 5.74) is 5.70. The molecule has 1 aliphatic heterocycles. The number of hydrogen-bond donors (Lipinski definition) is 1. The van der Waals surface area contributed by atoms with Gasteiger partial charge in [-0.15, -0.1) is 36.2 Å². The molecule has 0 aromatic carbocycles. The van der Waals surface area contributed by atoms with Gasteiger partial charge in [-0.3, -0.25) is 9.69 Å². The second-order valence-electron chi connectivity index (χ2n) is 5.38. The van der Waals surface area contributed by atoms with E-state index in [0.29, 0.717) is 6.42 Å². The third-order valence-corrected chi connectivity index (χ3v) is 5.16. The number of hydrogen-bond acceptors (Lipinski definition) is 4. The van der Waals surface area contributed by atoms with Gasteiger partial charge in [0.25, 0.3) is 0 Å². The van der Waals surface area contributed by atoms with Gasteiger partial charge in [0.15, 0.2) is 0 Å². The fourth-order valence-corrected chi connectivity index (χ4v) is 3.85. The van der Waals surface area contributed by atoms with Crippen molar-refractivity contribution in [2.45, 2.75) is 32.4 Å². The van der Waals surface area contributed by atoms with E-state index in [4.69, 9.17) is 5.73 Å². The highest BCUT2D eigenvalue weighted by Crippen LogP contribution is 2.23. The van der Waals surface area contributed by atoms with Crippen molar-refractivity contribution in [3.8, 4) is 0 Å². The van der Waals surface area contributed by atoms with E-state index in [1.54, 1.807) is 11.3 Å². The molecule has 0 bridgehead atoms. The normalized spacial score (nSPS) is 16.6. The minimum Gasteiger partial charge on any atom is -0.340 e. The summed E-state index contributed by atoms with van der Waals surface area (Å²) in [6, 6.07) is 4.36. The molecule has 1 aromatic rings. The van der Waals surface area contributed by atoms with Crippen molar-refractivity contribution in [1.29, 1.82) is 0 Å². The zero-order valence-electron chi connectivity index (χ0n) is 12.7. The molecule has 4 nitrogen and oxygen atoms in total. The monoisotopic (exact) mass is 431 g/mol. The van der Waals surface area contributed by atoms with Crippen LogP contribution in [0.1, 0.15) is 24.6 Å². The lowest BCUT2D eigenvalue weighted by atomic mass is 10.1. The van der Waals surface area contributed by atoms with Crippen molar-refractivity contribution in [1.82, 2.24) is 9.80 Å². The number of rotatable bonds is 5. The Labute approximate surface area is 157 Å². The van der Waals surface area contributed by atoms with E-state index in [2.05, 4.69) is 33.0 Å². The van der Waals surface area contributed by atoms with Gasteiger partial charge < -0.3 is 10.6 Å². The van der Waals surface area contributed by atoms with Crippen LogP contribution in [0.25, 0.3) is 0 Å². The van der Waals surface area contributed by atoms with Gasteiger partial charge >= 0.3 is 0 Å². The molecule has 0 aliphatic carbocycles. The van der Waals surface area contributed by atoms with Crippen LogP contribution in [-0.2, 0) is 11.3 Å². The Balaban J connectivity index is 0.00000220. The SMILES string of the molecule is CC(N)CCC(=O)N1CCN(Cc2ccc(Br)s2)CC1.Cl.Cl. The van der Waals surface area contributed by atoms with Crippen molar-refractivity contribution in [2.24, 2.45) is 5.73 Å². The van der Waals surface area contributed by atoms with Crippen LogP contribution in [0.5, 0.6) is 0 Å². The summed E-state index contributed by atoms with van der Waals surface area (Å²) in [5.74, 6) is 0.251. The van der Waals surface area contributed by atoms with Crippen molar-refractivity contribution < 1.29 is 4.79 Å². The van der Waals surface area contributed by atoms with Crippen LogP contribution in [0.4, 0.5) is 0 Å². The largest absolute Gasteiger partial charge is 0.340 e. The number of nitrogens with zero attached hydrogens (tertiary/aromatic N) is 2. The average molecular weight is 433 g/mol. The molecular formula is C14H24BrCl2N3OS. The van der Waals surface area contributed by atoms with E-state index < -0.39 is 0 Å². The first-order chi connectivity index (χ1) is 9.54. The lowest BCUT2D eigenvalue weighted by Gasteiger charge is -2.34. The Kier molecular flexibility index (Phi) is 10.9. The zero-order valence-corrected chi connectivity index (χ0v) is 16.7. The molecule has 1 amide bonds. The smallest absolute Gasteiger partial charge is 0.222 e. The van der Waals surface area contributed by atoms with Crippen molar-refractivity contribution in [3.05, 3.63) is 20.8 Å². The highest BCUT2D eigenvalue weighted by Gasteiger charge is 2.21. The van der Waals surface area contributed by atoms with Gasteiger partial charge in [0, 0.05) is 50.1 Å². The van der Waals surface area contributed by atoms with Gasteiger partial charge in [0.05, 0.1) is 3.79 Å². The summed E-state index contributed by atoms with van der Waals surface area (Å²) < 4.78 is 1.18. The predicted octanol–water partition coefficient (Wildman–Crippen LogP) is 3.13. The standard InChI is InChI=1S/C14H22BrN3OS.2ClH/c1-11(16)2-5-14(19)18-8-6-17(7-9-18)10-12-3-4-13(15)20-12;;/h3-4,11H,2,5-10,16H2,1H3;2*1H. The van der Waals surface area contributed by atoms with Crippen LogP contribution in [0.15, 0.2) is 15.9 Å². The summed E-state index contributed by atoms with van der Waals surface area (Å²) in [4.78, 5) is 17.8. The fraction of sp³-hybridized carbons (Fsp3) is 0.643. The first kappa shape index (κ1) is 22.1. The summed E-state index contributed by atoms with van der Waals surface area (Å²) in [5, 5.41) is 0. The maximum Gasteiger partial charge on any atom is 0.222 e. The fourth-order valence-electron chi connectivity index (χ4n) is 2.32. The Morgan fingerprint density at radius 1 is 1.32 bits per heavy atom. The van der Waals surface area contributed by atoms with Crippen molar-refractivity contribution in [3.63, 3.8) is 0 Å². The zero-order chi connectivity index (χ0) is 14.5. The van der Waals surface area contributed by atoms with Crippen LogP contribution in [0.3, 0.4) is 0 Å². The van der Waals surface area contributed by atoms with Gasteiger partial charge in [0.2, 0.25) is 5.91 Å². The molecule has 1 aromatic heterocycles. The van der Waals surface area contributed by atoms with Gasteiger partial charge in [-0.2, -0.15) is 0 Å². The topological polar surface area (TPSA) is 49.6 Å². The van der Waals surface area contributed by atoms with E-state index in [1.165, 1.54) is 8.66 Å². The molecule has 2 N–H and O–H groups in total. The number of piperazine rings is 1. The molecule has 0 saturated carbocycles. The molecule has 1 unspecified atom stereocenters. The van der Waals surface area contributed by atoms with Crippen LogP contribution in [0.2, 0.25) is 0 Å². The number of carbonyl (C=O) groups is 1. The van der Waals surface area contributed by atoms with Crippen LogP contribution in [0, 0.1) is 0 Å². The third-order valence-electron chi connectivity index (χ3n) is 3.55. The highest BCUT2D eigenvalue weighted by molar-refractivity contribution is 9.11. The van der Waals surface area contributed by atoms with Crippen molar-refractivity contribution >= 4 is 58.0 Å². The summed E-state index contributed by atoms with van der Waals surface area (Å²) in [6.45, 7) is 6.52. The molecule has 0 radical (unpaired) electrons. The predicted molar refractivity (Wildman–Crippen MR) is 101 cm³/mol. The van der Waals surface area contributed by atoms with Crippen molar-refractivity contribution in [2.75, 3.05) is 26.2 Å². The Morgan fingerprint density at radius 2 is 1.95 bits per heavy atom. The summed E-state index contributed by atoms with van der Waals surface area (Å²) >= 11 is 5.27. The number of carbonyl (C=O) groups excluding carboxylic acids is 1. The lowest BCUT2D eigenvalue weighted by molar-refractivity contribution is -0.133. The minimum absolute atomic E-state index is 0.